The molecule has 2 atom stereocenters. The maximum Gasteiger partial charge on any atom is 0.326 e. The summed E-state index contributed by atoms with van der Waals surface area (Å²) in [6, 6.07) is 1.34. The number of carboxylic acids is 1. The average molecular weight is 352 g/mol. The van der Waals surface area contributed by atoms with Gasteiger partial charge in [0.05, 0.1) is 24.2 Å². The Kier molecular flexibility index (Phi) is 5.92. The van der Waals surface area contributed by atoms with Gasteiger partial charge >= 0.3 is 5.97 Å². The molecule has 2 rings (SSSR count). The first-order chi connectivity index (χ1) is 11.8. The molecule has 1 fully saturated rings. The lowest BCUT2D eigenvalue weighted by Gasteiger charge is -2.28. The first-order valence-electron chi connectivity index (χ1n) is 7.79. The molecule has 2 N–H and O–H groups in total. The number of amides is 1. The second-order valence-corrected chi connectivity index (χ2v) is 5.85. The minimum absolute atomic E-state index is 0.0304. The van der Waals surface area contributed by atoms with Gasteiger partial charge in [0.1, 0.15) is 11.8 Å². The van der Waals surface area contributed by atoms with Crippen LogP contribution in [0.25, 0.3) is 0 Å². The Bertz CT molecular complexity index is 683. The molecule has 9 heteroatoms. The van der Waals surface area contributed by atoms with E-state index < -0.39 is 22.8 Å². The number of benzene rings is 1. The Hall–Kier alpha value is -2.68. The summed E-state index contributed by atoms with van der Waals surface area (Å²) in [7, 11) is 1.34. The van der Waals surface area contributed by atoms with Crippen LogP contribution in [0.15, 0.2) is 12.1 Å². The molecule has 1 heterocycles. The zero-order valence-electron chi connectivity index (χ0n) is 14.0. The van der Waals surface area contributed by atoms with Gasteiger partial charge in [0.15, 0.2) is 0 Å². The van der Waals surface area contributed by atoms with Gasteiger partial charge in [-0.3, -0.25) is 14.9 Å². The van der Waals surface area contributed by atoms with Crippen LogP contribution >= 0.6 is 0 Å². The number of hydrogen-bond acceptors (Lipinski definition) is 6. The highest BCUT2D eigenvalue weighted by molar-refractivity contribution is 5.97. The molecule has 0 saturated carbocycles. The van der Waals surface area contributed by atoms with Crippen molar-refractivity contribution in [3.63, 3.8) is 0 Å². The number of ether oxygens (including phenoxy) is 2. The van der Waals surface area contributed by atoms with Crippen LogP contribution < -0.4 is 10.1 Å². The van der Waals surface area contributed by atoms with Crippen LogP contribution in [0.3, 0.4) is 0 Å². The van der Waals surface area contributed by atoms with E-state index in [4.69, 9.17) is 9.47 Å². The summed E-state index contributed by atoms with van der Waals surface area (Å²) >= 11 is 0. The van der Waals surface area contributed by atoms with E-state index in [2.05, 4.69) is 5.32 Å². The minimum atomic E-state index is -1.17. The van der Waals surface area contributed by atoms with Gasteiger partial charge in [-0.15, -0.1) is 0 Å². The van der Waals surface area contributed by atoms with Gasteiger partial charge in [-0.2, -0.15) is 0 Å². The van der Waals surface area contributed by atoms with Gasteiger partial charge in [-0.25, -0.2) is 4.79 Å². The van der Waals surface area contributed by atoms with Crippen molar-refractivity contribution in [3.8, 4) is 5.75 Å². The lowest BCUT2D eigenvalue weighted by molar-refractivity contribution is -0.385. The van der Waals surface area contributed by atoms with Crippen molar-refractivity contribution in [2.75, 3.05) is 20.3 Å². The zero-order chi connectivity index (χ0) is 18.6. The second kappa shape index (κ2) is 7.93. The van der Waals surface area contributed by atoms with Crippen LogP contribution in [-0.2, 0) is 9.53 Å². The monoisotopic (exact) mass is 352 g/mol. The number of carbonyl (C=O) groups excluding carboxylic acids is 1. The first-order valence-corrected chi connectivity index (χ1v) is 7.79. The smallest absolute Gasteiger partial charge is 0.326 e. The van der Waals surface area contributed by atoms with Gasteiger partial charge in [0.2, 0.25) is 0 Å². The number of methoxy groups -OCH3 is 1. The highest BCUT2D eigenvalue weighted by atomic mass is 16.6. The Labute approximate surface area is 144 Å². The topological polar surface area (TPSA) is 128 Å². The molecule has 0 aromatic heterocycles. The summed E-state index contributed by atoms with van der Waals surface area (Å²) in [6.07, 6.45) is 1.34. The summed E-state index contributed by atoms with van der Waals surface area (Å²) < 4.78 is 10.4. The van der Waals surface area contributed by atoms with Crippen LogP contribution in [0.1, 0.15) is 28.8 Å². The highest BCUT2D eigenvalue weighted by Crippen LogP contribution is 2.29. The van der Waals surface area contributed by atoms with Crippen molar-refractivity contribution in [2.45, 2.75) is 25.8 Å². The summed E-state index contributed by atoms with van der Waals surface area (Å²) in [4.78, 5) is 34.5. The second-order valence-electron chi connectivity index (χ2n) is 5.85. The highest BCUT2D eigenvalue weighted by Gasteiger charge is 2.32. The number of carboxylic acid groups (broad SMARTS) is 1. The quantitative estimate of drug-likeness (QED) is 0.587. The third-order valence-electron chi connectivity index (χ3n) is 4.23. The van der Waals surface area contributed by atoms with E-state index in [1.165, 1.54) is 20.1 Å². The van der Waals surface area contributed by atoms with Crippen molar-refractivity contribution < 1.29 is 29.1 Å². The molecule has 0 radical (unpaired) electrons. The van der Waals surface area contributed by atoms with E-state index in [1.54, 1.807) is 0 Å². The van der Waals surface area contributed by atoms with Crippen LogP contribution in [-0.4, -0.2) is 48.3 Å². The third kappa shape index (κ3) is 4.24. The van der Waals surface area contributed by atoms with Crippen molar-refractivity contribution >= 4 is 17.6 Å². The van der Waals surface area contributed by atoms with E-state index in [0.29, 0.717) is 25.0 Å². The molecule has 0 spiro atoms. The molecule has 1 aliphatic rings. The summed E-state index contributed by atoms with van der Waals surface area (Å²) in [5.41, 5.74) is -0.00554. The maximum atomic E-state index is 12.5. The molecule has 1 aromatic rings. The number of hydrogen-bond donors (Lipinski definition) is 2. The predicted octanol–water partition coefficient (Wildman–Crippen LogP) is 1.52. The fourth-order valence-corrected chi connectivity index (χ4v) is 2.84. The van der Waals surface area contributed by atoms with Crippen LogP contribution in [0.2, 0.25) is 0 Å². The first kappa shape index (κ1) is 18.7. The van der Waals surface area contributed by atoms with E-state index in [1.807, 2.05) is 0 Å². The summed E-state index contributed by atoms with van der Waals surface area (Å²) in [5.74, 6) is -2.04. The zero-order valence-corrected chi connectivity index (χ0v) is 14.0. The lowest BCUT2D eigenvalue weighted by atomic mass is 9.93. The Morgan fingerprint density at radius 3 is 2.72 bits per heavy atom. The lowest BCUT2D eigenvalue weighted by Crippen LogP contribution is -2.48. The number of rotatable bonds is 6. The fraction of sp³-hybridized carbons (Fsp3) is 0.500. The fourth-order valence-electron chi connectivity index (χ4n) is 2.84. The van der Waals surface area contributed by atoms with E-state index >= 15 is 0 Å². The van der Waals surface area contributed by atoms with E-state index in [9.17, 15) is 24.8 Å². The van der Waals surface area contributed by atoms with Crippen LogP contribution in [0.4, 0.5) is 5.69 Å². The SMILES string of the molecule is COc1cc(C(=O)NC(C(=O)O)C2CCCOC2)cc([N+](=O)[O-])c1C. The number of nitro benzene ring substituents is 1. The molecule has 0 bridgehead atoms. The normalized spacial score (nSPS) is 18.2. The van der Waals surface area contributed by atoms with Gasteiger partial charge in [-0.1, -0.05) is 0 Å². The largest absolute Gasteiger partial charge is 0.496 e. The van der Waals surface area contributed by atoms with Crippen molar-refractivity contribution in [3.05, 3.63) is 33.4 Å². The molecule has 0 aliphatic carbocycles. The van der Waals surface area contributed by atoms with E-state index in [0.717, 1.165) is 6.07 Å². The van der Waals surface area contributed by atoms with Gasteiger partial charge < -0.3 is 19.9 Å². The van der Waals surface area contributed by atoms with Gasteiger partial charge in [0, 0.05) is 24.2 Å². The molecule has 25 heavy (non-hydrogen) atoms. The van der Waals surface area contributed by atoms with Crippen molar-refractivity contribution in [1.82, 2.24) is 5.32 Å². The number of nitrogens with zero attached hydrogens (tertiary/aromatic N) is 1. The molecular formula is C16H20N2O7. The number of nitrogens with one attached hydrogen (secondary N) is 1. The minimum Gasteiger partial charge on any atom is -0.496 e. The standard InChI is InChI=1S/C16H20N2O7/c1-9-12(18(22)23)6-11(7-13(9)24-2)15(19)17-14(16(20)21)10-4-3-5-25-8-10/h6-7,10,14H,3-5,8H2,1-2H3,(H,17,19)(H,20,21). The van der Waals surface area contributed by atoms with Crippen LogP contribution in [0, 0.1) is 23.0 Å². The molecule has 9 nitrogen and oxygen atoms in total. The third-order valence-corrected chi connectivity index (χ3v) is 4.23. The molecule has 136 valence electrons. The number of carbonyl (C=O) groups is 2. The van der Waals surface area contributed by atoms with Crippen molar-refractivity contribution in [2.24, 2.45) is 5.92 Å². The Morgan fingerprint density at radius 1 is 1.48 bits per heavy atom. The average Bonchev–Trinajstić information content (AvgIpc) is 2.59. The maximum absolute atomic E-state index is 12.5. The molecular weight excluding hydrogens is 332 g/mol. The summed E-state index contributed by atoms with van der Waals surface area (Å²) in [6.45, 7) is 2.32. The molecule has 1 amide bonds. The number of nitro groups is 1. The molecule has 1 saturated heterocycles. The van der Waals surface area contributed by atoms with Gasteiger partial charge in [0.25, 0.3) is 11.6 Å². The van der Waals surface area contributed by atoms with E-state index in [-0.39, 0.29) is 29.5 Å². The van der Waals surface area contributed by atoms with Gasteiger partial charge in [-0.05, 0) is 25.8 Å². The Morgan fingerprint density at radius 2 is 2.20 bits per heavy atom. The molecule has 2 unspecified atom stereocenters. The van der Waals surface area contributed by atoms with Crippen molar-refractivity contribution in [1.29, 1.82) is 0 Å². The predicted molar refractivity (Wildman–Crippen MR) is 86.8 cm³/mol. The summed E-state index contributed by atoms with van der Waals surface area (Å²) in [5, 5.41) is 23.0. The number of aliphatic carboxylic acids is 1. The van der Waals surface area contributed by atoms with Crippen LogP contribution in [0.5, 0.6) is 5.75 Å². The molecule has 1 aromatic carbocycles. The Balaban J connectivity index is 2.27. The molecule has 1 aliphatic heterocycles.